The molecule has 1 unspecified atom stereocenters. The Hall–Kier alpha value is -2.70. The van der Waals surface area contributed by atoms with Crippen LogP contribution in [-0.4, -0.2) is 29.9 Å². The van der Waals surface area contributed by atoms with E-state index in [0.29, 0.717) is 5.56 Å². The first-order valence-electron chi connectivity index (χ1n) is 9.36. The van der Waals surface area contributed by atoms with Gasteiger partial charge in [-0.3, -0.25) is 20.4 Å². The first-order valence-corrected chi connectivity index (χ1v) is 9.36. The molecule has 1 saturated heterocycles. The Morgan fingerprint density at radius 1 is 0.889 bits per heavy atom. The minimum Gasteiger partial charge on any atom is -0.271 e. The molecular formula is C21H26N4O2. The van der Waals surface area contributed by atoms with Crippen LogP contribution in [0.3, 0.4) is 0 Å². The molecule has 6 nitrogen and oxygen atoms in total. The number of nitrogens with zero attached hydrogens (tertiary/aromatic N) is 1. The summed E-state index contributed by atoms with van der Waals surface area (Å²) >= 11 is 0. The third-order valence-electron chi connectivity index (χ3n) is 4.68. The van der Waals surface area contributed by atoms with Crippen molar-refractivity contribution in [2.75, 3.05) is 13.1 Å². The summed E-state index contributed by atoms with van der Waals surface area (Å²) in [4.78, 5) is 25.0. The predicted molar refractivity (Wildman–Crippen MR) is 105 cm³/mol. The van der Waals surface area contributed by atoms with Gasteiger partial charge in [0, 0.05) is 18.7 Å². The van der Waals surface area contributed by atoms with Gasteiger partial charge in [-0.05, 0) is 37.5 Å². The van der Waals surface area contributed by atoms with Gasteiger partial charge in [0.15, 0.2) is 0 Å². The van der Waals surface area contributed by atoms with E-state index in [9.17, 15) is 9.59 Å². The van der Waals surface area contributed by atoms with E-state index in [4.69, 9.17) is 0 Å². The van der Waals surface area contributed by atoms with Crippen LogP contribution >= 0.6 is 0 Å². The van der Waals surface area contributed by atoms with Gasteiger partial charge in [-0.2, -0.15) is 0 Å². The van der Waals surface area contributed by atoms with E-state index >= 15 is 0 Å². The Bertz CT molecular complexity index is 756. The largest absolute Gasteiger partial charge is 0.271 e. The quantitative estimate of drug-likeness (QED) is 0.711. The van der Waals surface area contributed by atoms with Gasteiger partial charge in [0.1, 0.15) is 6.04 Å². The monoisotopic (exact) mass is 366 g/mol. The van der Waals surface area contributed by atoms with Gasteiger partial charge in [0.05, 0.1) is 0 Å². The zero-order valence-corrected chi connectivity index (χ0v) is 15.6. The van der Waals surface area contributed by atoms with Gasteiger partial charge < -0.3 is 0 Å². The maximum absolute atomic E-state index is 12.8. The zero-order chi connectivity index (χ0) is 19.1. The summed E-state index contributed by atoms with van der Waals surface area (Å²) < 4.78 is 0. The smallest absolute Gasteiger partial charge is 0.269 e. The molecular weight excluding hydrogens is 340 g/mol. The second kappa shape index (κ2) is 9.30. The number of amides is 2. The van der Waals surface area contributed by atoms with Crippen molar-refractivity contribution in [3.8, 4) is 0 Å². The highest BCUT2D eigenvalue weighted by Gasteiger charge is 2.24. The number of carbonyl (C=O) groups excluding carboxylic acids is 2. The second-order valence-corrected chi connectivity index (χ2v) is 6.83. The van der Waals surface area contributed by atoms with E-state index in [-0.39, 0.29) is 11.8 Å². The number of aryl methyl sites for hydroxylation is 1. The molecule has 0 radical (unpaired) electrons. The number of carbonyl (C=O) groups is 2. The van der Waals surface area contributed by atoms with Gasteiger partial charge in [-0.15, -0.1) is 0 Å². The summed E-state index contributed by atoms with van der Waals surface area (Å²) in [5.74, 6) is -0.640. The maximum atomic E-state index is 12.8. The fourth-order valence-corrected chi connectivity index (χ4v) is 3.10. The normalized spacial score (nSPS) is 15.7. The number of hydrazine groups is 2. The minimum absolute atomic E-state index is 0.297. The zero-order valence-electron chi connectivity index (χ0n) is 15.6. The topological polar surface area (TPSA) is 73.5 Å². The van der Waals surface area contributed by atoms with E-state index in [1.165, 1.54) is 6.42 Å². The molecule has 3 N–H and O–H groups in total. The van der Waals surface area contributed by atoms with Crippen molar-refractivity contribution < 1.29 is 9.59 Å². The molecule has 1 aliphatic heterocycles. The molecule has 3 rings (SSSR count). The molecule has 142 valence electrons. The molecule has 1 fully saturated rings. The van der Waals surface area contributed by atoms with Crippen LogP contribution in [0.4, 0.5) is 0 Å². The van der Waals surface area contributed by atoms with Crippen molar-refractivity contribution in [1.29, 1.82) is 0 Å². The van der Waals surface area contributed by atoms with Crippen LogP contribution in [0, 0.1) is 6.92 Å². The summed E-state index contributed by atoms with van der Waals surface area (Å²) in [5, 5.41) is 2.09. The van der Waals surface area contributed by atoms with Crippen LogP contribution in [0.15, 0.2) is 54.6 Å². The summed E-state index contributed by atoms with van der Waals surface area (Å²) in [6.07, 6.45) is 3.44. The number of hydrogen-bond donors (Lipinski definition) is 3. The molecule has 2 amide bonds. The fourth-order valence-electron chi connectivity index (χ4n) is 3.10. The Kier molecular flexibility index (Phi) is 6.57. The van der Waals surface area contributed by atoms with Crippen molar-refractivity contribution in [1.82, 2.24) is 21.3 Å². The lowest BCUT2D eigenvalue weighted by Crippen LogP contribution is -2.52. The Morgan fingerprint density at radius 3 is 2.22 bits per heavy atom. The standard InChI is InChI=1S/C21H26N4O2/c1-16-10-12-17(13-11-16)19(24-25-14-6-3-7-15-25)21(27)23-22-20(26)18-8-4-2-5-9-18/h2,4-5,8-13,19,24H,3,6-7,14-15H2,1H3,(H,22,26)(H,23,27). The molecule has 1 atom stereocenters. The molecule has 2 aromatic rings. The molecule has 1 aliphatic rings. The molecule has 0 bridgehead atoms. The molecule has 0 spiro atoms. The number of hydrogen-bond acceptors (Lipinski definition) is 4. The van der Waals surface area contributed by atoms with Gasteiger partial charge in [0.2, 0.25) is 0 Å². The lowest BCUT2D eigenvalue weighted by Gasteiger charge is -2.31. The average molecular weight is 366 g/mol. The van der Waals surface area contributed by atoms with Crippen LogP contribution in [0.25, 0.3) is 0 Å². The second-order valence-electron chi connectivity index (χ2n) is 6.83. The number of rotatable bonds is 5. The first-order chi connectivity index (χ1) is 13.1. The van der Waals surface area contributed by atoms with Crippen molar-refractivity contribution in [2.45, 2.75) is 32.2 Å². The maximum Gasteiger partial charge on any atom is 0.269 e. The fraction of sp³-hybridized carbons (Fsp3) is 0.333. The predicted octanol–water partition coefficient (Wildman–Crippen LogP) is 2.49. The van der Waals surface area contributed by atoms with Gasteiger partial charge >= 0.3 is 0 Å². The molecule has 27 heavy (non-hydrogen) atoms. The summed E-state index contributed by atoms with van der Waals surface area (Å²) in [6, 6.07) is 16.1. The van der Waals surface area contributed by atoms with Gasteiger partial charge in [-0.25, -0.2) is 10.4 Å². The molecule has 0 aliphatic carbocycles. The number of piperidine rings is 1. The van der Waals surface area contributed by atoms with E-state index in [1.807, 2.05) is 37.3 Å². The highest BCUT2D eigenvalue weighted by molar-refractivity contribution is 5.95. The highest BCUT2D eigenvalue weighted by Crippen LogP contribution is 2.17. The Balaban J connectivity index is 1.67. The van der Waals surface area contributed by atoms with E-state index in [1.54, 1.807) is 24.3 Å². The Morgan fingerprint density at radius 2 is 1.56 bits per heavy atom. The van der Waals surface area contributed by atoms with Crippen LogP contribution in [0.1, 0.15) is 46.8 Å². The van der Waals surface area contributed by atoms with E-state index in [2.05, 4.69) is 21.3 Å². The van der Waals surface area contributed by atoms with Crippen molar-refractivity contribution >= 4 is 11.8 Å². The van der Waals surface area contributed by atoms with Crippen LogP contribution in [-0.2, 0) is 4.79 Å². The third kappa shape index (κ3) is 5.39. The van der Waals surface area contributed by atoms with Crippen LogP contribution < -0.4 is 16.3 Å². The molecule has 0 aromatic heterocycles. The molecule has 2 aromatic carbocycles. The molecule has 6 heteroatoms. The third-order valence-corrected chi connectivity index (χ3v) is 4.68. The summed E-state index contributed by atoms with van der Waals surface area (Å²) in [7, 11) is 0. The first kappa shape index (κ1) is 19.1. The lowest BCUT2D eigenvalue weighted by atomic mass is 10.0. The SMILES string of the molecule is Cc1ccc(C(NN2CCCCC2)C(=O)NNC(=O)c2ccccc2)cc1. The minimum atomic E-state index is -0.570. The van der Waals surface area contributed by atoms with Gasteiger partial charge in [-0.1, -0.05) is 54.4 Å². The van der Waals surface area contributed by atoms with Crippen molar-refractivity contribution in [3.05, 3.63) is 71.3 Å². The number of benzene rings is 2. The van der Waals surface area contributed by atoms with E-state index in [0.717, 1.165) is 37.1 Å². The molecule has 0 saturated carbocycles. The summed E-state index contributed by atoms with van der Waals surface area (Å²) in [5.41, 5.74) is 10.9. The lowest BCUT2D eigenvalue weighted by molar-refractivity contribution is -0.125. The van der Waals surface area contributed by atoms with Crippen LogP contribution in [0.2, 0.25) is 0 Å². The van der Waals surface area contributed by atoms with Crippen molar-refractivity contribution in [3.63, 3.8) is 0 Å². The van der Waals surface area contributed by atoms with Gasteiger partial charge in [0.25, 0.3) is 11.8 Å². The highest BCUT2D eigenvalue weighted by atomic mass is 16.2. The Labute approximate surface area is 159 Å². The van der Waals surface area contributed by atoms with Crippen molar-refractivity contribution in [2.24, 2.45) is 0 Å². The summed E-state index contributed by atoms with van der Waals surface area (Å²) in [6.45, 7) is 3.83. The average Bonchev–Trinajstić information content (AvgIpc) is 2.72. The van der Waals surface area contributed by atoms with E-state index < -0.39 is 6.04 Å². The van der Waals surface area contributed by atoms with Crippen LogP contribution in [0.5, 0.6) is 0 Å². The number of nitrogens with one attached hydrogen (secondary N) is 3. The molecule has 1 heterocycles.